The van der Waals surface area contributed by atoms with Gasteiger partial charge in [-0.15, -0.1) is 0 Å². The van der Waals surface area contributed by atoms with Gasteiger partial charge in [-0.3, -0.25) is 0 Å². The Hall–Kier alpha value is -1.33. The number of ether oxygens (including phenoxy) is 2. The highest BCUT2D eigenvalue weighted by atomic mass is 28.3. The molecule has 1 amide bonds. The van der Waals surface area contributed by atoms with Crippen molar-refractivity contribution in [2.75, 3.05) is 13.4 Å². The van der Waals surface area contributed by atoms with E-state index in [4.69, 9.17) is 9.47 Å². The van der Waals surface area contributed by atoms with E-state index in [0.29, 0.717) is 6.61 Å². The van der Waals surface area contributed by atoms with Gasteiger partial charge in [0.25, 0.3) is 0 Å². The largest absolute Gasteiger partial charge is 0.422 e. The van der Waals surface area contributed by atoms with Gasteiger partial charge < -0.3 is 14.8 Å². The molecule has 0 fully saturated rings. The second kappa shape index (κ2) is 8.07. The minimum atomic E-state index is -1.09. The van der Waals surface area contributed by atoms with Crippen LogP contribution < -0.4 is 5.32 Å². The van der Waals surface area contributed by atoms with Crippen molar-refractivity contribution in [3.8, 4) is 0 Å². The van der Waals surface area contributed by atoms with Gasteiger partial charge >= 0.3 is 6.09 Å². The average Bonchev–Trinajstić information content (AvgIpc) is 2.38. The van der Waals surface area contributed by atoms with Gasteiger partial charge in [-0.2, -0.15) is 0 Å². The van der Waals surface area contributed by atoms with Crippen LogP contribution >= 0.6 is 0 Å². The van der Waals surface area contributed by atoms with Crippen LogP contribution in [0.3, 0.4) is 0 Å². The van der Waals surface area contributed by atoms with E-state index in [0.717, 1.165) is 11.6 Å². The van der Waals surface area contributed by atoms with Gasteiger partial charge in [0.1, 0.15) is 0 Å². The van der Waals surface area contributed by atoms with Crippen LogP contribution in [0.5, 0.6) is 0 Å². The van der Waals surface area contributed by atoms with Crippen molar-refractivity contribution < 1.29 is 14.3 Å². The third-order valence-electron chi connectivity index (χ3n) is 2.90. The molecule has 1 aromatic carbocycles. The fraction of sp³-hybridized carbons (Fsp3) is 0.533. The second-order valence-electron chi connectivity index (χ2n) is 6.05. The molecule has 1 atom stereocenters. The van der Waals surface area contributed by atoms with E-state index in [-0.39, 0.29) is 12.8 Å². The van der Waals surface area contributed by atoms with Crippen LogP contribution in [0, 0.1) is 0 Å². The van der Waals surface area contributed by atoms with Gasteiger partial charge in [-0.05, 0) is 18.5 Å². The monoisotopic (exact) mass is 295 g/mol. The molecule has 0 spiro atoms. The topological polar surface area (TPSA) is 47.6 Å². The van der Waals surface area contributed by atoms with Gasteiger partial charge in [0.2, 0.25) is 0 Å². The zero-order chi connectivity index (χ0) is 15.0. The van der Waals surface area contributed by atoms with E-state index >= 15 is 0 Å². The van der Waals surface area contributed by atoms with Crippen molar-refractivity contribution in [3.63, 3.8) is 0 Å². The highest BCUT2D eigenvalue weighted by Gasteiger charge is 2.13. The number of hydrogen-bond donors (Lipinski definition) is 1. The van der Waals surface area contributed by atoms with Gasteiger partial charge in [0.15, 0.2) is 6.79 Å². The van der Waals surface area contributed by atoms with E-state index in [2.05, 4.69) is 25.0 Å². The van der Waals surface area contributed by atoms with E-state index < -0.39 is 14.2 Å². The first-order valence-electron chi connectivity index (χ1n) is 6.94. The molecule has 1 N–H and O–H groups in total. The smallest absolute Gasteiger partial charge is 0.409 e. The molecule has 112 valence electrons. The number of alkyl carbamates (subject to hydrolysis) is 1. The molecular formula is C15H25NO3Si. The molecule has 0 saturated heterocycles. The lowest BCUT2D eigenvalue weighted by molar-refractivity contribution is -0.0107. The molecule has 0 aromatic heterocycles. The average molecular weight is 295 g/mol. The Morgan fingerprint density at radius 2 is 1.90 bits per heavy atom. The van der Waals surface area contributed by atoms with Gasteiger partial charge in [-0.25, -0.2) is 4.79 Å². The van der Waals surface area contributed by atoms with Crippen molar-refractivity contribution in [2.45, 2.75) is 38.7 Å². The Kier molecular flexibility index (Phi) is 6.74. The molecule has 1 aromatic rings. The van der Waals surface area contributed by atoms with Crippen LogP contribution in [-0.4, -0.2) is 27.6 Å². The van der Waals surface area contributed by atoms with Gasteiger partial charge in [-0.1, -0.05) is 50.0 Å². The summed E-state index contributed by atoms with van der Waals surface area (Å²) < 4.78 is 10.3. The maximum absolute atomic E-state index is 11.6. The predicted molar refractivity (Wildman–Crippen MR) is 83.4 cm³/mol. The van der Waals surface area contributed by atoms with E-state index in [9.17, 15) is 4.79 Å². The molecule has 0 heterocycles. The second-order valence-corrected chi connectivity index (χ2v) is 11.7. The molecule has 1 rings (SSSR count). The summed E-state index contributed by atoms with van der Waals surface area (Å²) in [5.74, 6) is 0. The van der Waals surface area contributed by atoms with Crippen LogP contribution in [0.1, 0.15) is 18.5 Å². The van der Waals surface area contributed by atoms with Crippen molar-refractivity contribution in [1.82, 2.24) is 5.32 Å². The summed E-state index contributed by atoms with van der Waals surface area (Å²) in [6.07, 6.45) is -0.450. The van der Waals surface area contributed by atoms with Crippen molar-refractivity contribution in [3.05, 3.63) is 35.9 Å². The number of hydrogen-bond acceptors (Lipinski definition) is 3. The SMILES string of the molecule is C[C@H](NC(=O)OCOCC[Si](C)(C)C)c1ccccc1. The van der Waals surface area contributed by atoms with E-state index in [1.165, 1.54) is 0 Å². The number of carbonyl (C=O) groups is 1. The van der Waals surface area contributed by atoms with E-state index in [1.54, 1.807) is 0 Å². The summed E-state index contributed by atoms with van der Waals surface area (Å²) in [5, 5.41) is 2.77. The lowest BCUT2D eigenvalue weighted by Gasteiger charge is -2.16. The van der Waals surface area contributed by atoms with Gasteiger partial charge in [0, 0.05) is 14.7 Å². The third-order valence-corrected chi connectivity index (χ3v) is 4.61. The number of rotatable bonds is 7. The Labute approximate surface area is 122 Å². The molecule has 0 unspecified atom stereocenters. The van der Waals surface area contributed by atoms with Crippen LogP contribution in [0.2, 0.25) is 25.7 Å². The Bertz CT molecular complexity index is 403. The number of benzene rings is 1. The van der Waals surface area contributed by atoms with Crippen molar-refractivity contribution in [1.29, 1.82) is 0 Å². The molecule has 20 heavy (non-hydrogen) atoms. The maximum atomic E-state index is 11.6. The zero-order valence-electron chi connectivity index (χ0n) is 12.8. The zero-order valence-corrected chi connectivity index (χ0v) is 13.8. The van der Waals surface area contributed by atoms with Crippen LogP contribution in [0.25, 0.3) is 0 Å². The summed E-state index contributed by atoms with van der Waals surface area (Å²) in [7, 11) is -1.09. The highest BCUT2D eigenvalue weighted by Crippen LogP contribution is 2.11. The minimum absolute atomic E-state index is 0.0117. The summed E-state index contributed by atoms with van der Waals surface area (Å²) >= 11 is 0. The maximum Gasteiger partial charge on any atom is 0.409 e. The molecule has 0 aliphatic rings. The fourth-order valence-electron chi connectivity index (χ4n) is 1.58. The minimum Gasteiger partial charge on any atom is -0.422 e. The van der Waals surface area contributed by atoms with Gasteiger partial charge in [0.05, 0.1) is 6.04 Å². The Morgan fingerprint density at radius 1 is 1.25 bits per heavy atom. The first kappa shape index (κ1) is 16.7. The molecule has 5 heteroatoms. The van der Waals surface area contributed by atoms with Crippen molar-refractivity contribution >= 4 is 14.2 Å². The summed E-state index contributed by atoms with van der Waals surface area (Å²) in [4.78, 5) is 11.6. The molecule has 4 nitrogen and oxygen atoms in total. The summed E-state index contributed by atoms with van der Waals surface area (Å²) in [5.41, 5.74) is 1.05. The van der Waals surface area contributed by atoms with Crippen molar-refractivity contribution in [2.24, 2.45) is 0 Å². The van der Waals surface area contributed by atoms with Crippen LogP contribution in [0.15, 0.2) is 30.3 Å². The Balaban J connectivity index is 2.18. The van der Waals surface area contributed by atoms with E-state index in [1.807, 2.05) is 37.3 Å². The third kappa shape index (κ3) is 7.30. The first-order valence-corrected chi connectivity index (χ1v) is 10.7. The molecule has 0 bridgehead atoms. The quantitative estimate of drug-likeness (QED) is 0.473. The Morgan fingerprint density at radius 3 is 2.50 bits per heavy atom. The molecular weight excluding hydrogens is 270 g/mol. The number of amides is 1. The molecule has 0 radical (unpaired) electrons. The number of carbonyl (C=O) groups excluding carboxylic acids is 1. The fourth-order valence-corrected chi connectivity index (χ4v) is 2.33. The van der Waals surface area contributed by atoms with Crippen LogP contribution in [0.4, 0.5) is 4.79 Å². The van der Waals surface area contributed by atoms with Crippen LogP contribution in [-0.2, 0) is 9.47 Å². The lowest BCUT2D eigenvalue weighted by atomic mass is 10.1. The first-order chi connectivity index (χ1) is 9.38. The molecule has 0 aliphatic heterocycles. The standard InChI is InChI=1S/C15H25NO3Si/c1-13(14-8-6-5-7-9-14)16-15(17)19-12-18-10-11-20(2,3)4/h5-9,13H,10-12H2,1-4H3,(H,16,17)/t13-/m0/s1. The lowest BCUT2D eigenvalue weighted by Crippen LogP contribution is -2.28. The molecule has 0 saturated carbocycles. The predicted octanol–water partition coefficient (Wildman–Crippen LogP) is 3.79. The normalized spacial score (nSPS) is 12.8. The summed E-state index contributed by atoms with van der Waals surface area (Å²) in [6.45, 7) is 9.43. The molecule has 0 aliphatic carbocycles. The highest BCUT2D eigenvalue weighted by molar-refractivity contribution is 6.76. The summed E-state index contributed by atoms with van der Waals surface area (Å²) in [6, 6.07) is 10.8. The number of nitrogens with one attached hydrogen (secondary N) is 1.